The van der Waals surface area contributed by atoms with Crippen molar-refractivity contribution in [3.05, 3.63) is 40.0 Å². The molecule has 1 aliphatic rings. The number of rotatable bonds is 2. The molecule has 0 saturated heterocycles. The maximum Gasteiger partial charge on any atom is 0.160 e. The largest absolute Gasteiger partial charge is 0.361 e. The third kappa shape index (κ3) is 3.24. The molecule has 17 heavy (non-hydrogen) atoms. The molecule has 0 spiro atoms. The van der Waals surface area contributed by atoms with Crippen LogP contribution in [0.2, 0.25) is 10.0 Å². The van der Waals surface area contributed by atoms with Gasteiger partial charge in [0.05, 0.1) is 10.0 Å². The monoisotopic (exact) mass is 269 g/mol. The molecule has 1 aromatic carbocycles. The topological polar surface area (TPSA) is 29.1 Å². The summed E-state index contributed by atoms with van der Waals surface area (Å²) in [5, 5.41) is 4.12. The number of hydrogen-bond donors (Lipinski definition) is 1. The minimum absolute atomic E-state index is 0.240. The summed E-state index contributed by atoms with van der Waals surface area (Å²) < 4.78 is 0. The van der Waals surface area contributed by atoms with Crippen molar-refractivity contribution in [2.75, 3.05) is 5.32 Å². The lowest BCUT2D eigenvalue weighted by Gasteiger charge is -2.13. The van der Waals surface area contributed by atoms with Crippen LogP contribution in [0.4, 0.5) is 5.69 Å². The van der Waals surface area contributed by atoms with Crippen LogP contribution in [0.1, 0.15) is 25.7 Å². The number of allylic oxidation sites excluding steroid dienone is 1. The van der Waals surface area contributed by atoms with Gasteiger partial charge in [0.1, 0.15) is 0 Å². The molecule has 1 saturated carbocycles. The van der Waals surface area contributed by atoms with Crippen molar-refractivity contribution in [2.24, 2.45) is 0 Å². The van der Waals surface area contributed by atoms with Crippen LogP contribution in [0.5, 0.6) is 0 Å². The lowest BCUT2D eigenvalue weighted by Crippen LogP contribution is -2.09. The minimum atomic E-state index is 0.240. The summed E-state index contributed by atoms with van der Waals surface area (Å²) in [6.07, 6.45) is 5.38. The van der Waals surface area contributed by atoms with E-state index in [2.05, 4.69) is 5.32 Å². The van der Waals surface area contributed by atoms with Crippen LogP contribution in [0.15, 0.2) is 30.0 Å². The van der Waals surface area contributed by atoms with E-state index >= 15 is 0 Å². The highest BCUT2D eigenvalue weighted by Crippen LogP contribution is 2.25. The van der Waals surface area contributed by atoms with Crippen LogP contribution in [-0.4, -0.2) is 5.78 Å². The summed E-state index contributed by atoms with van der Waals surface area (Å²) in [7, 11) is 0. The van der Waals surface area contributed by atoms with Gasteiger partial charge in [0, 0.05) is 23.9 Å². The van der Waals surface area contributed by atoms with Gasteiger partial charge in [-0.3, -0.25) is 4.79 Å². The predicted octanol–water partition coefficient (Wildman–Crippen LogP) is 4.43. The third-order valence-electron chi connectivity index (χ3n) is 2.79. The number of carbonyl (C=O) groups excluding carboxylic acids is 1. The van der Waals surface area contributed by atoms with Crippen molar-refractivity contribution in [1.82, 2.24) is 0 Å². The van der Waals surface area contributed by atoms with E-state index < -0.39 is 0 Å². The molecule has 4 heteroatoms. The smallest absolute Gasteiger partial charge is 0.160 e. The maximum atomic E-state index is 11.6. The van der Waals surface area contributed by atoms with E-state index in [1.54, 1.807) is 18.3 Å². The highest BCUT2D eigenvalue weighted by atomic mass is 35.5. The predicted molar refractivity (Wildman–Crippen MR) is 71.6 cm³/mol. The van der Waals surface area contributed by atoms with E-state index in [9.17, 15) is 4.79 Å². The van der Waals surface area contributed by atoms with Crippen molar-refractivity contribution < 1.29 is 4.79 Å². The quantitative estimate of drug-likeness (QED) is 0.805. The Kier molecular flexibility index (Phi) is 4.08. The Hall–Kier alpha value is -0.990. The molecule has 0 aromatic heterocycles. The highest BCUT2D eigenvalue weighted by Gasteiger charge is 2.14. The summed E-state index contributed by atoms with van der Waals surface area (Å²) in [5.41, 5.74) is 1.70. The molecule has 0 radical (unpaired) electrons. The number of carbonyl (C=O) groups is 1. The lowest BCUT2D eigenvalue weighted by atomic mass is 9.94. The molecule has 2 rings (SSSR count). The van der Waals surface area contributed by atoms with Gasteiger partial charge in [-0.05, 0) is 37.5 Å². The first-order valence-electron chi connectivity index (χ1n) is 5.60. The first-order chi connectivity index (χ1) is 8.16. The Bertz CT molecular complexity index is 468. The summed E-state index contributed by atoms with van der Waals surface area (Å²) in [6, 6.07) is 5.31. The number of anilines is 1. The summed E-state index contributed by atoms with van der Waals surface area (Å²) in [6.45, 7) is 0. The van der Waals surface area contributed by atoms with Crippen LogP contribution < -0.4 is 5.32 Å². The highest BCUT2D eigenvalue weighted by molar-refractivity contribution is 6.42. The second-order valence-corrected chi connectivity index (χ2v) is 4.89. The van der Waals surface area contributed by atoms with E-state index in [1.165, 1.54) is 0 Å². The number of Topliss-reactive ketones (excluding diaryl/α,β-unsaturated/α-hetero) is 1. The number of benzene rings is 1. The molecule has 2 nitrogen and oxygen atoms in total. The van der Waals surface area contributed by atoms with Crippen molar-refractivity contribution in [2.45, 2.75) is 25.7 Å². The average Bonchev–Trinajstić information content (AvgIpc) is 2.32. The summed E-state index contributed by atoms with van der Waals surface area (Å²) >= 11 is 11.7. The molecule has 0 unspecified atom stereocenters. The van der Waals surface area contributed by atoms with Crippen molar-refractivity contribution >= 4 is 34.7 Å². The standard InChI is InChI=1S/C13H13Cl2NO/c14-11-6-5-10(7-12(11)15)16-8-9-3-1-2-4-13(9)17/h5-8,16H,1-4H2/b9-8-. The second kappa shape index (κ2) is 5.56. The molecule has 0 bridgehead atoms. The molecular formula is C13H13Cl2NO. The van der Waals surface area contributed by atoms with Crippen molar-refractivity contribution in [3.63, 3.8) is 0 Å². The Morgan fingerprint density at radius 2 is 1.88 bits per heavy atom. The third-order valence-corrected chi connectivity index (χ3v) is 3.53. The second-order valence-electron chi connectivity index (χ2n) is 4.07. The van der Waals surface area contributed by atoms with Crippen molar-refractivity contribution in [1.29, 1.82) is 0 Å². The molecule has 0 atom stereocenters. The van der Waals surface area contributed by atoms with Crippen LogP contribution in [-0.2, 0) is 4.79 Å². The zero-order chi connectivity index (χ0) is 12.3. The first-order valence-corrected chi connectivity index (χ1v) is 6.36. The fourth-order valence-corrected chi connectivity index (χ4v) is 2.11. The zero-order valence-electron chi connectivity index (χ0n) is 9.30. The molecule has 0 amide bonds. The van der Waals surface area contributed by atoms with E-state index in [0.29, 0.717) is 16.5 Å². The van der Waals surface area contributed by atoms with Gasteiger partial charge in [0.25, 0.3) is 0 Å². The first kappa shape index (κ1) is 12.5. The number of hydrogen-bond acceptors (Lipinski definition) is 2. The Morgan fingerprint density at radius 3 is 2.59 bits per heavy atom. The van der Waals surface area contributed by atoms with E-state index in [0.717, 1.165) is 30.5 Å². The van der Waals surface area contributed by atoms with Gasteiger partial charge in [-0.2, -0.15) is 0 Å². The minimum Gasteiger partial charge on any atom is -0.361 e. The van der Waals surface area contributed by atoms with Crippen LogP contribution >= 0.6 is 23.2 Å². The molecule has 0 aliphatic heterocycles. The molecule has 90 valence electrons. The normalized spacial score (nSPS) is 18.5. The SMILES string of the molecule is O=C1CCCC/C1=C/Nc1ccc(Cl)c(Cl)c1. The van der Waals surface area contributed by atoms with Gasteiger partial charge in [-0.15, -0.1) is 0 Å². The molecule has 1 fully saturated rings. The Balaban J connectivity index is 2.08. The molecule has 1 N–H and O–H groups in total. The lowest BCUT2D eigenvalue weighted by molar-refractivity contribution is -0.116. The molecule has 0 heterocycles. The Morgan fingerprint density at radius 1 is 1.12 bits per heavy atom. The zero-order valence-corrected chi connectivity index (χ0v) is 10.8. The number of ketones is 1. The van der Waals surface area contributed by atoms with Gasteiger partial charge < -0.3 is 5.32 Å². The van der Waals surface area contributed by atoms with Crippen LogP contribution in [0.25, 0.3) is 0 Å². The summed E-state index contributed by atoms with van der Waals surface area (Å²) in [5.74, 6) is 0.240. The van der Waals surface area contributed by atoms with Crippen LogP contribution in [0.3, 0.4) is 0 Å². The average molecular weight is 270 g/mol. The van der Waals surface area contributed by atoms with E-state index in [4.69, 9.17) is 23.2 Å². The van der Waals surface area contributed by atoms with Crippen molar-refractivity contribution in [3.8, 4) is 0 Å². The number of halogens is 2. The van der Waals surface area contributed by atoms with E-state index in [-0.39, 0.29) is 5.78 Å². The summed E-state index contributed by atoms with van der Waals surface area (Å²) in [4.78, 5) is 11.6. The maximum absolute atomic E-state index is 11.6. The molecule has 1 aliphatic carbocycles. The van der Waals surface area contributed by atoms with Gasteiger partial charge in [0.2, 0.25) is 0 Å². The molecule has 1 aromatic rings. The Labute approximate surface area is 111 Å². The van der Waals surface area contributed by atoms with E-state index in [1.807, 2.05) is 6.07 Å². The number of nitrogens with one attached hydrogen (secondary N) is 1. The van der Waals surface area contributed by atoms with Gasteiger partial charge in [-0.1, -0.05) is 23.2 Å². The van der Waals surface area contributed by atoms with Gasteiger partial charge in [0.15, 0.2) is 5.78 Å². The van der Waals surface area contributed by atoms with Crippen LogP contribution in [0, 0.1) is 0 Å². The van der Waals surface area contributed by atoms with Gasteiger partial charge in [-0.25, -0.2) is 0 Å². The van der Waals surface area contributed by atoms with Gasteiger partial charge >= 0.3 is 0 Å². The fourth-order valence-electron chi connectivity index (χ4n) is 1.81. The fraction of sp³-hybridized carbons (Fsp3) is 0.308. The molecular weight excluding hydrogens is 257 g/mol.